The standard InChI is InChI=1S/C21H22ClNO6/c1-12-9-18(19(27-4)10-17(12)22)23-21(26)14(3)29-20(25)11-28-16-7-5-15(6-8-16)13(2)24/h5-10,14H,11H2,1-4H3,(H,23,26)/t14-/m0/s1. The Labute approximate surface area is 173 Å². The van der Waals surface area contributed by atoms with Crippen molar-refractivity contribution in [1.29, 1.82) is 0 Å². The van der Waals surface area contributed by atoms with Gasteiger partial charge in [0, 0.05) is 16.7 Å². The van der Waals surface area contributed by atoms with Crippen LogP contribution in [0.3, 0.4) is 0 Å². The van der Waals surface area contributed by atoms with Gasteiger partial charge in [-0.15, -0.1) is 0 Å². The fraction of sp³-hybridized carbons (Fsp3) is 0.286. The van der Waals surface area contributed by atoms with Crippen LogP contribution in [-0.4, -0.2) is 37.5 Å². The van der Waals surface area contributed by atoms with Crippen molar-refractivity contribution in [3.63, 3.8) is 0 Å². The second-order valence-electron chi connectivity index (χ2n) is 6.29. The molecule has 0 radical (unpaired) electrons. The fourth-order valence-electron chi connectivity index (χ4n) is 2.38. The third-order valence-corrected chi connectivity index (χ3v) is 4.44. The largest absolute Gasteiger partial charge is 0.495 e. The van der Waals surface area contributed by atoms with Crippen molar-refractivity contribution in [2.24, 2.45) is 0 Å². The minimum Gasteiger partial charge on any atom is -0.495 e. The summed E-state index contributed by atoms with van der Waals surface area (Å²) in [7, 11) is 1.46. The number of aryl methyl sites for hydroxylation is 1. The normalized spacial score (nSPS) is 11.3. The first kappa shape index (κ1) is 22.2. The smallest absolute Gasteiger partial charge is 0.344 e. The average Bonchev–Trinajstić information content (AvgIpc) is 2.69. The minimum absolute atomic E-state index is 0.0664. The lowest BCUT2D eigenvalue weighted by molar-refractivity contribution is -0.155. The number of carbonyl (C=O) groups is 3. The van der Waals surface area contributed by atoms with Crippen LogP contribution in [0, 0.1) is 6.92 Å². The predicted octanol–water partition coefficient (Wildman–Crippen LogP) is 3.81. The van der Waals surface area contributed by atoms with E-state index in [2.05, 4.69) is 5.32 Å². The zero-order valence-corrected chi connectivity index (χ0v) is 17.3. The summed E-state index contributed by atoms with van der Waals surface area (Å²) in [6.45, 7) is 4.33. The molecule has 0 aliphatic heterocycles. The van der Waals surface area contributed by atoms with Crippen molar-refractivity contribution >= 4 is 34.9 Å². The monoisotopic (exact) mass is 419 g/mol. The first-order chi connectivity index (χ1) is 13.7. The first-order valence-electron chi connectivity index (χ1n) is 8.79. The Morgan fingerprint density at radius 3 is 2.38 bits per heavy atom. The summed E-state index contributed by atoms with van der Waals surface area (Å²) in [5.74, 6) is -0.495. The van der Waals surface area contributed by atoms with E-state index in [1.54, 1.807) is 43.3 Å². The lowest BCUT2D eigenvalue weighted by Crippen LogP contribution is -2.31. The molecule has 0 unspecified atom stereocenters. The van der Waals surface area contributed by atoms with Gasteiger partial charge >= 0.3 is 5.97 Å². The molecule has 0 aliphatic carbocycles. The number of methoxy groups -OCH3 is 1. The number of benzene rings is 2. The van der Waals surface area contributed by atoms with Crippen LogP contribution in [-0.2, 0) is 14.3 Å². The molecule has 154 valence electrons. The second-order valence-corrected chi connectivity index (χ2v) is 6.70. The molecule has 8 heteroatoms. The Kier molecular flexibility index (Phi) is 7.61. The third kappa shape index (κ3) is 6.22. The fourth-order valence-corrected chi connectivity index (χ4v) is 2.53. The summed E-state index contributed by atoms with van der Waals surface area (Å²) in [4.78, 5) is 35.5. The highest BCUT2D eigenvalue weighted by Gasteiger charge is 2.20. The molecule has 7 nitrogen and oxygen atoms in total. The van der Waals surface area contributed by atoms with E-state index in [0.717, 1.165) is 5.56 Å². The molecule has 29 heavy (non-hydrogen) atoms. The number of hydrogen-bond donors (Lipinski definition) is 1. The van der Waals surface area contributed by atoms with Gasteiger partial charge in [-0.3, -0.25) is 9.59 Å². The molecule has 0 aliphatic rings. The van der Waals surface area contributed by atoms with Crippen LogP contribution in [0.15, 0.2) is 36.4 Å². The Morgan fingerprint density at radius 1 is 1.14 bits per heavy atom. The highest BCUT2D eigenvalue weighted by molar-refractivity contribution is 6.31. The summed E-state index contributed by atoms with van der Waals surface area (Å²) >= 11 is 6.05. The lowest BCUT2D eigenvalue weighted by atomic mass is 10.1. The van der Waals surface area contributed by atoms with Gasteiger partial charge in [0.1, 0.15) is 11.5 Å². The number of Topliss-reactive ketones (excluding diaryl/α,β-unsaturated/α-hetero) is 1. The minimum atomic E-state index is -1.05. The molecule has 0 spiro atoms. The van der Waals surface area contributed by atoms with E-state index in [1.165, 1.54) is 21.0 Å². The molecule has 0 saturated carbocycles. The van der Waals surface area contributed by atoms with Crippen LogP contribution in [0.4, 0.5) is 5.69 Å². The molecule has 0 heterocycles. The first-order valence-corrected chi connectivity index (χ1v) is 9.17. The average molecular weight is 420 g/mol. The maximum Gasteiger partial charge on any atom is 0.344 e. The Bertz CT molecular complexity index is 910. The summed E-state index contributed by atoms with van der Waals surface area (Å²) in [6, 6.07) is 9.61. The quantitative estimate of drug-likeness (QED) is 0.516. The van der Waals surface area contributed by atoms with E-state index in [4.69, 9.17) is 25.8 Å². The zero-order chi connectivity index (χ0) is 21.6. The predicted molar refractivity (Wildman–Crippen MR) is 109 cm³/mol. The van der Waals surface area contributed by atoms with Gasteiger partial charge in [0.25, 0.3) is 5.91 Å². The topological polar surface area (TPSA) is 90.9 Å². The van der Waals surface area contributed by atoms with Gasteiger partial charge in [0.15, 0.2) is 18.5 Å². The number of hydrogen-bond acceptors (Lipinski definition) is 6. The Morgan fingerprint density at radius 2 is 1.79 bits per heavy atom. The van der Waals surface area contributed by atoms with Crippen LogP contribution in [0.2, 0.25) is 5.02 Å². The van der Waals surface area contributed by atoms with Crippen molar-refractivity contribution < 1.29 is 28.6 Å². The summed E-state index contributed by atoms with van der Waals surface area (Å²) < 4.78 is 15.6. The molecule has 1 N–H and O–H groups in total. The molecular formula is C21H22ClNO6. The van der Waals surface area contributed by atoms with Crippen molar-refractivity contribution in [3.05, 3.63) is 52.5 Å². The van der Waals surface area contributed by atoms with E-state index in [1.807, 2.05) is 0 Å². The van der Waals surface area contributed by atoms with E-state index < -0.39 is 18.0 Å². The van der Waals surface area contributed by atoms with Gasteiger partial charge in [-0.1, -0.05) is 11.6 Å². The molecule has 2 aromatic carbocycles. The molecule has 0 saturated heterocycles. The van der Waals surface area contributed by atoms with Gasteiger partial charge in [0.05, 0.1) is 12.8 Å². The zero-order valence-electron chi connectivity index (χ0n) is 16.6. The number of anilines is 1. The summed E-state index contributed by atoms with van der Waals surface area (Å²) in [5.41, 5.74) is 1.72. The summed E-state index contributed by atoms with van der Waals surface area (Å²) in [6.07, 6.45) is -1.05. The Balaban J connectivity index is 1.89. The van der Waals surface area contributed by atoms with Gasteiger partial charge in [0.2, 0.25) is 0 Å². The highest BCUT2D eigenvalue weighted by Crippen LogP contribution is 2.31. The maximum absolute atomic E-state index is 12.3. The van der Waals surface area contributed by atoms with Crippen LogP contribution in [0.1, 0.15) is 29.8 Å². The van der Waals surface area contributed by atoms with E-state index >= 15 is 0 Å². The van der Waals surface area contributed by atoms with E-state index in [0.29, 0.717) is 27.8 Å². The molecule has 0 fully saturated rings. The van der Waals surface area contributed by atoms with Crippen molar-refractivity contribution in [1.82, 2.24) is 0 Å². The number of carbonyl (C=O) groups excluding carboxylic acids is 3. The maximum atomic E-state index is 12.3. The molecule has 2 aromatic rings. The summed E-state index contributed by atoms with van der Waals surface area (Å²) in [5, 5.41) is 3.16. The van der Waals surface area contributed by atoms with E-state index in [9.17, 15) is 14.4 Å². The molecule has 0 aromatic heterocycles. The van der Waals surface area contributed by atoms with Crippen LogP contribution >= 0.6 is 11.6 Å². The number of nitrogens with one attached hydrogen (secondary N) is 1. The van der Waals surface area contributed by atoms with Crippen molar-refractivity contribution in [2.75, 3.05) is 19.0 Å². The second kappa shape index (κ2) is 9.93. The highest BCUT2D eigenvalue weighted by atomic mass is 35.5. The van der Waals surface area contributed by atoms with Crippen molar-refractivity contribution in [2.45, 2.75) is 26.9 Å². The Hall–Kier alpha value is -3.06. The number of halogens is 1. The van der Waals surface area contributed by atoms with Gasteiger partial charge in [-0.25, -0.2) is 4.79 Å². The third-order valence-electron chi connectivity index (χ3n) is 4.03. The molecule has 1 amide bonds. The SMILES string of the molecule is COc1cc(Cl)c(C)cc1NC(=O)[C@H](C)OC(=O)COc1ccc(C(C)=O)cc1. The van der Waals surface area contributed by atoms with Gasteiger partial charge < -0.3 is 19.5 Å². The molecular weight excluding hydrogens is 398 g/mol. The number of ether oxygens (including phenoxy) is 3. The molecule has 1 atom stereocenters. The van der Waals surface area contributed by atoms with Gasteiger partial charge in [-0.2, -0.15) is 0 Å². The number of amides is 1. The van der Waals surface area contributed by atoms with E-state index in [-0.39, 0.29) is 12.4 Å². The van der Waals surface area contributed by atoms with Gasteiger partial charge in [-0.05, 0) is 56.7 Å². The number of rotatable bonds is 8. The number of esters is 1. The number of ketones is 1. The van der Waals surface area contributed by atoms with Crippen LogP contribution in [0.5, 0.6) is 11.5 Å². The van der Waals surface area contributed by atoms with Crippen LogP contribution < -0.4 is 14.8 Å². The molecule has 0 bridgehead atoms. The molecule has 2 rings (SSSR count). The van der Waals surface area contributed by atoms with Crippen LogP contribution in [0.25, 0.3) is 0 Å². The lowest BCUT2D eigenvalue weighted by Gasteiger charge is -2.16. The van der Waals surface area contributed by atoms with Crippen molar-refractivity contribution in [3.8, 4) is 11.5 Å².